The number of rotatable bonds is 4. The van der Waals surface area contributed by atoms with Gasteiger partial charge in [0.15, 0.2) is 0 Å². The molecule has 2 aromatic rings. The number of ether oxygens (including phenoxy) is 1. The van der Waals surface area contributed by atoms with Crippen LogP contribution in [0.4, 0.5) is 0 Å². The summed E-state index contributed by atoms with van der Waals surface area (Å²) < 4.78 is 5.42. The lowest BCUT2D eigenvalue weighted by Gasteiger charge is -2.27. The van der Waals surface area contributed by atoms with E-state index in [-0.39, 0.29) is 5.41 Å². The van der Waals surface area contributed by atoms with Crippen LogP contribution in [0.15, 0.2) is 54.6 Å². The molecule has 0 saturated heterocycles. The molecule has 0 N–H and O–H groups in total. The zero-order valence-electron chi connectivity index (χ0n) is 12.7. The highest BCUT2D eigenvalue weighted by Gasteiger charge is 2.23. The molecule has 0 atom stereocenters. The molecule has 0 spiro atoms. The summed E-state index contributed by atoms with van der Waals surface area (Å²) in [6.45, 7) is 6.53. The summed E-state index contributed by atoms with van der Waals surface area (Å²) in [4.78, 5) is 0. The van der Waals surface area contributed by atoms with Gasteiger partial charge in [0, 0.05) is 11.0 Å². The average Bonchev–Trinajstić information content (AvgIpc) is 2.48. The molecule has 2 rings (SSSR count). The van der Waals surface area contributed by atoms with Gasteiger partial charge in [-0.05, 0) is 30.2 Å². The zero-order chi connectivity index (χ0) is 14.6. The van der Waals surface area contributed by atoms with Crippen LogP contribution < -0.4 is 4.74 Å². The maximum absolute atomic E-state index is 5.42. The first-order valence-corrected chi connectivity index (χ1v) is 6.96. The second-order valence-electron chi connectivity index (χ2n) is 5.45. The van der Waals surface area contributed by atoms with Gasteiger partial charge in [0.05, 0.1) is 7.11 Å². The van der Waals surface area contributed by atoms with E-state index < -0.39 is 0 Å². The second kappa shape index (κ2) is 5.96. The first-order chi connectivity index (χ1) is 9.59. The summed E-state index contributed by atoms with van der Waals surface area (Å²) in [5.74, 6) is 0.913. The number of allylic oxidation sites excluding steroid dienone is 1. The fourth-order valence-electron chi connectivity index (χ4n) is 2.45. The third-order valence-electron chi connectivity index (χ3n) is 3.79. The predicted molar refractivity (Wildman–Crippen MR) is 86.3 cm³/mol. The van der Waals surface area contributed by atoms with Gasteiger partial charge in [0.2, 0.25) is 0 Å². The van der Waals surface area contributed by atoms with E-state index in [2.05, 4.69) is 68.5 Å². The molecule has 0 aliphatic rings. The van der Waals surface area contributed by atoms with Gasteiger partial charge >= 0.3 is 0 Å². The van der Waals surface area contributed by atoms with Crippen molar-refractivity contribution in [3.05, 3.63) is 71.3 Å². The standard InChI is InChI=1S/C19H22O/c1-5-9-15-14-17(12-13-18(15)20-4)19(2,3)16-10-7-6-8-11-16/h5-14H,1-4H3. The fourth-order valence-corrected chi connectivity index (χ4v) is 2.45. The first kappa shape index (κ1) is 14.4. The molecule has 0 aromatic heterocycles. The molecule has 104 valence electrons. The number of hydrogen-bond donors (Lipinski definition) is 0. The molecule has 2 aromatic carbocycles. The average molecular weight is 266 g/mol. The lowest BCUT2D eigenvalue weighted by molar-refractivity contribution is 0.413. The molecule has 0 radical (unpaired) electrons. The summed E-state index contributed by atoms with van der Waals surface area (Å²) in [6.07, 6.45) is 4.13. The third-order valence-corrected chi connectivity index (χ3v) is 3.79. The molecule has 1 heteroatoms. The Morgan fingerprint density at radius 2 is 1.65 bits per heavy atom. The molecular weight excluding hydrogens is 244 g/mol. The van der Waals surface area contributed by atoms with Crippen molar-refractivity contribution in [2.45, 2.75) is 26.2 Å². The van der Waals surface area contributed by atoms with E-state index in [9.17, 15) is 0 Å². The van der Waals surface area contributed by atoms with Gasteiger partial charge in [-0.25, -0.2) is 0 Å². The highest BCUT2D eigenvalue weighted by molar-refractivity contribution is 5.59. The molecule has 0 unspecified atom stereocenters. The zero-order valence-corrected chi connectivity index (χ0v) is 12.7. The Balaban J connectivity index is 2.50. The van der Waals surface area contributed by atoms with Gasteiger partial charge in [-0.3, -0.25) is 0 Å². The summed E-state index contributed by atoms with van der Waals surface area (Å²) >= 11 is 0. The molecule has 1 nitrogen and oxygen atoms in total. The molecule has 0 heterocycles. The summed E-state index contributed by atoms with van der Waals surface area (Å²) in [5, 5.41) is 0. The van der Waals surface area contributed by atoms with Gasteiger partial charge in [-0.1, -0.05) is 62.4 Å². The van der Waals surface area contributed by atoms with Crippen LogP contribution in [0.25, 0.3) is 6.08 Å². The molecule has 0 aliphatic heterocycles. The molecule has 0 fully saturated rings. The van der Waals surface area contributed by atoms with E-state index in [1.165, 1.54) is 11.1 Å². The van der Waals surface area contributed by atoms with Gasteiger partial charge in [0.25, 0.3) is 0 Å². The van der Waals surface area contributed by atoms with E-state index in [1.807, 2.05) is 13.0 Å². The molecule has 20 heavy (non-hydrogen) atoms. The van der Waals surface area contributed by atoms with Crippen LogP contribution in [0.1, 0.15) is 37.5 Å². The van der Waals surface area contributed by atoms with Gasteiger partial charge < -0.3 is 4.74 Å². The van der Waals surface area contributed by atoms with Crippen LogP contribution in [0.3, 0.4) is 0 Å². The van der Waals surface area contributed by atoms with Gasteiger partial charge in [-0.2, -0.15) is 0 Å². The fraction of sp³-hybridized carbons (Fsp3) is 0.263. The first-order valence-electron chi connectivity index (χ1n) is 6.96. The Labute approximate surface area is 121 Å². The maximum atomic E-state index is 5.42. The molecule has 0 saturated carbocycles. The summed E-state index contributed by atoms with van der Waals surface area (Å²) in [6, 6.07) is 17.0. The van der Waals surface area contributed by atoms with Crippen LogP contribution in [-0.2, 0) is 5.41 Å². The Kier molecular flexibility index (Phi) is 4.29. The lowest BCUT2D eigenvalue weighted by Crippen LogP contribution is -2.18. The normalized spacial score (nSPS) is 11.8. The Hall–Kier alpha value is -2.02. The SMILES string of the molecule is CC=Cc1cc(C(C)(C)c2ccccc2)ccc1OC. The van der Waals surface area contributed by atoms with E-state index in [4.69, 9.17) is 4.74 Å². The van der Waals surface area contributed by atoms with E-state index in [1.54, 1.807) is 7.11 Å². The smallest absolute Gasteiger partial charge is 0.126 e. The Morgan fingerprint density at radius 1 is 0.950 bits per heavy atom. The van der Waals surface area contributed by atoms with Crippen molar-refractivity contribution in [2.24, 2.45) is 0 Å². The predicted octanol–water partition coefficient (Wildman–Crippen LogP) is 5.05. The Bertz CT molecular complexity index is 594. The quantitative estimate of drug-likeness (QED) is 0.752. The van der Waals surface area contributed by atoms with E-state index in [0.29, 0.717) is 0 Å². The van der Waals surface area contributed by atoms with E-state index >= 15 is 0 Å². The third kappa shape index (κ3) is 2.77. The Morgan fingerprint density at radius 3 is 2.25 bits per heavy atom. The molecule has 0 amide bonds. The minimum atomic E-state index is -0.0239. The molecule has 0 aliphatic carbocycles. The van der Waals surface area contributed by atoms with Crippen molar-refractivity contribution in [3.63, 3.8) is 0 Å². The van der Waals surface area contributed by atoms with Crippen molar-refractivity contribution in [3.8, 4) is 5.75 Å². The minimum absolute atomic E-state index is 0.0239. The number of benzene rings is 2. The lowest BCUT2D eigenvalue weighted by atomic mass is 9.77. The van der Waals surface area contributed by atoms with Crippen molar-refractivity contribution in [1.82, 2.24) is 0 Å². The summed E-state index contributed by atoms with van der Waals surface area (Å²) in [5.41, 5.74) is 3.70. The van der Waals surface area contributed by atoms with E-state index in [0.717, 1.165) is 11.3 Å². The molecule has 0 bridgehead atoms. The van der Waals surface area contributed by atoms with Gasteiger partial charge in [-0.15, -0.1) is 0 Å². The van der Waals surface area contributed by atoms with Crippen LogP contribution >= 0.6 is 0 Å². The molecular formula is C19H22O. The van der Waals surface area contributed by atoms with Crippen molar-refractivity contribution < 1.29 is 4.74 Å². The van der Waals surface area contributed by atoms with Crippen molar-refractivity contribution in [1.29, 1.82) is 0 Å². The van der Waals surface area contributed by atoms with Crippen molar-refractivity contribution >= 4 is 6.08 Å². The van der Waals surface area contributed by atoms with Crippen LogP contribution in [-0.4, -0.2) is 7.11 Å². The second-order valence-corrected chi connectivity index (χ2v) is 5.45. The van der Waals surface area contributed by atoms with Crippen molar-refractivity contribution in [2.75, 3.05) is 7.11 Å². The van der Waals surface area contributed by atoms with Crippen LogP contribution in [0.5, 0.6) is 5.75 Å². The van der Waals surface area contributed by atoms with Crippen LogP contribution in [0, 0.1) is 0 Å². The number of hydrogen-bond acceptors (Lipinski definition) is 1. The number of methoxy groups -OCH3 is 1. The minimum Gasteiger partial charge on any atom is -0.496 e. The van der Waals surface area contributed by atoms with Crippen LogP contribution in [0.2, 0.25) is 0 Å². The highest BCUT2D eigenvalue weighted by Crippen LogP contribution is 2.34. The monoisotopic (exact) mass is 266 g/mol. The largest absolute Gasteiger partial charge is 0.496 e. The summed E-state index contributed by atoms with van der Waals surface area (Å²) in [7, 11) is 1.71. The maximum Gasteiger partial charge on any atom is 0.126 e. The highest BCUT2D eigenvalue weighted by atomic mass is 16.5. The van der Waals surface area contributed by atoms with Gasteiger partial charge in [0.1, 0.15) is 5.75 Å². The topological polar surface area (TPSA) is 9.23 Å².